The molecule has 2 N–H and O–H groups in total. The Morgan fingerprint density at radius 2 is 2.12 bits per heavy atom. The number of nitrogens with two attached hydrogens (primary N) is 1. The van der Waals surface area contributed by atoms with E-state index in [0.717, 1.165) is 0 Å². The third kappa shape index (κ3) is 1.85. The summed E-state index contributed by atoms with van der Waals surface area (Å²) in [5.74, 6) is -2.27. The maximum absolute atomic E-state index is 13.0. The van der Waals surface area contributed by atoms with Crippen LogP contribution in [-0.2, 0) is 0 Å². The van der Waals surface area contributed by atoms with Gasteiger partial charge in [0.1, 0.15) is 5.82 Å². The van der Waals surface area contributed by atoms with Crippen LogP contribution in [-0.4, -0.2) is 15.7 Å². The van der Waals surface area contributed by atoms with Gasteiger partial charge in [-0.05, 0) is 12.8 Å². The molecule has 6 heteroatoms. The summed E-state index contributed by atoms with van der Waals surface area (Å²) in [5, 5.41) is 3.99. The topological polar surface area (TPSA) is 48.2 Å². The average Bonchev–Trinajstić information content (AvgIpc) is 2.60. The van der Waals surface area contributed by atoms with Gasteiger partial charge < -0.3 is 5.73 Å². The van der Waals surface area contributed by atoms with Gasteiger partial charge in [-0.15, -0.1) is 0 Å². The van der Waals surface area contributed by atoms with E-state index in [2.05, 4.69) is 9.94 Å². The molecule has 1 aromatic heterocycles. The molecule has 4 nitrogen and oxygen atoms in total. The summed E-state index contributed by atoms with van der Waals surface area (Å²) in [4.78, 5) is 3.21. The van der Waals surface area contributed by atoms with Crippen molar-refractivity contribution in [3.8, 4) is 0 Å². The molecule has 1 aliphatic carbocycles. The lowest BCUT2D eigenvalue weighted by molar-refractivity contribution is -0.0447. The maximum atomic E-state index is 13.0. The first-order chi connectivity index (χ1) is 7.53. The number of hydrogen-bond acceptors (Lipinski definition) is 2. The predicted molar refractivity (Wildman–Crippen MR) is 55.4 cm³/mol. The Bertz CT molecular complexity index is 423. The first-order valence-electron chi connectivity index (χ1n) is 5.12. The zero-order valence-corrected chi connectivity index (χ0v) is 8.66. The first-order valence-corrected chi connectivity index (χ1v) is 5.12. The molecule has 1 aliphatic rings. The Kier molecular flexibility index (Phi) is 2.54. The number of nitrogens with zero attached hydrogens (tertiary/aromatic N) is 3. The van der Waals surface area contributed by atoms with Crippen LogP contribution in [0.5, 0.6) is 0 Å². The number of aromatic nitrogens is 2. The Morgan fingerprint density at radius 3 is 2.62 bits per heavy atom. The lowest BCUT2D eigenvalue weighted by Crippen LogP contribution is -2.27. The highest BCUT2D eigenvalue weighted by Gasteiger charge is 2.36. The molecule has 1 aromatic rings. The normalized spacial score (nSPS) is 20.6. The summed E-state index contributed by atoms with van der Waals surface area (Å²) in [6.45, 7) is 6.85. The van der Waals surface area contributed by atoms with Crippen molar-refractivity contribution in [2.45, 2.75) is 37.6 Å². The molecule has 0 aliphatic heterocycles. The minimum absolute atomic E-state index is 0.102. The zero-order valence-electron chi connectivity index (χ0n) is 8.66. The quantitative estimate of drug-likeness (QED) is 0.748. The van der Waals surface area contributed by atoms with Crippen LogP contribution in [0.3, 0.4) is 0 Å². The Balaban J connectivity index is 2.15. The van der Waals surface area contributed by atoms with Crippen LogP contribution in [0.25, 0.3) is 4.85 Å². The second-order valence-corrected chi connectivity index (χ2v) is 4.06. The molecule has 1 saturated carbocycles. The minimum Gasteiger partial charge on any atom is -0.393 e. The van der Waals surface area contributed by atoms with E-state index < -0.39 is 5.92 Å². The third-order valence-corrected chi connectivity index (χ3v) is 2.97. The number of halogens is 2. The van der Waals surface area contributed by atoms with Gasteiger partial charge in [0, 0.05) is 12.8 Å². The van der Waals surface area contributed by atoms with Crippen LogP contribution < -0.4 is 5.73 Å². The fourth-order valence-corrected chi connectivity index (χ4v) is 2.01. The number of alkyl halides is 2. The Morgan fingerprint density at radius 1 is 1.50 bits per heavy atom. The SMILES string of the molecule is [C-]#[N+]c1cnn(C2CCC(F)(F)CC2)c1N. The lowest BCUT2D eigenvalue weighted by Gasteiger charge is -2.29. The van der Waals surface area contributed by atoms with E-state index in [9.17, 15) is 8.78 Å². The summed E-state index contributed by atoms with van der Waals surface area (Å²) < 4.78 is 27.4. The fourth-order valence-electron chi connectivity index (χ4n) is 2.01. The molecular weight excluding hydrogens is 214 g/mol. The van der Waals surface area contributed by atoms with E-state index in [4.69, 9.17) is 12.3 Å². The van der Waals surface area contributed by atoms with Gasteiger partial charge in [0.2, 0.25) is 11.6 Å². The van der Waals surface area contributed by atoms with Gasteiger partial charge in [-0.25, -0.2) is 13.6 Å². The Hall–Kier alpha value is -1.64. The number of anilines is 1. The molecule has 0 spiro atoms. The number of nitrogen functional groups attached to an aromatic ring is 1. The number of hydrogen-bond donors (Lipinski definition) is 1. The summed E-state index contributed by atoms with van der Waals surface area (Å²) in [5.41, 5.74) is 6.00. The summed E-state index contributed by atoms with van der Waals surface area (Å²) in [7, 11) is 0. The average molecular weight is 226 g/mol. The Labute approximate surface area is 91.9 Å². The van der Waals surface area contributed by atoms with Crippen LogP contribution in [0.1, 0.15) is 31.7 Å². The maximum Gasteiger partial charge on any atom is 0.248 e. The molecule has 0 unspecified atom stereocenters. The van der Waals surface area contributed by atoms with E-state index in [-0.39, 0.29) is 30.4 Å². The van der Waals surface area contributed by atoms with Gasteiger partial charge in [-0.3, -0.25) is 4.68 Å². The molecule has 0 aromatic carbocycles. The monoisotopic (exact) mass is 226 g/mol. The third-order valence-electron chi connectivity index (χ3n) is 2.97. The van der Waals surface area contributed by atoms with Crippen molar-refractivity contribution >= 4 is 11.5 Å². The summed E-state index contributed by atoms with van der Waals surface area (Å²) in [6, 6.07) is -0.102. The molecule has 16 heavy (non-hydrogen) atoms. The number of rotatable bonds is 1. The van der Waals surface area contributed by atoms with E-state index >= 15 is 0 Å². The molecular formula is C10H12F2N4. The van der Waals surface area contributed by atoms with E-state index in [1.54, 1.807) is 0 Å². The summed E-state index contributed by atoms with van der Waals surface area (Å²) >= 11 is 0. The summed E-state index contributed by atoms with van der Waals surface area (Å²) in [6.07, 6.45) is 1.83. The second kappa shape index (κ2) is 3.74. The van der Waals surface area contributed by atoms with E-state index in [0.29, 0.717) is 12.8 Å². The van der Waals surface area contributed by atoms with Gasteiger partial charge in [0.05, 0.1) is 18.8 Å². The molecule has 0 amide bonds. The molecule has 2 rings (SSSR count). The first kappa shape index (κ1) is 10.9. The van der Waals surface area contributed by atoms with Gasteiger partial charge in [0.25, 0.3) is 0 Å². The molecule has 0 atom stereocenters. The zero-order chi connectivity index (χ0) is 11.8. The molecule has 1 heterocycles. The minimum atomic E-state index is -2.55. The van der Waals surface area contributed by atoms with Gasteiger partial charge in [-0.2, -0.15) is 5.10 Å². The van der Waals surface area contributed by atoms with Crippen molar-refractivity contribution in [2.75, 3.05) is 5.73 Å². The van der Waals surface area contributed by atoms with E-state index in [1.165, 1.54) is 10.9 Å². The highest BCUT2D eigenvalue weighted by Crippen LogP contribution is 2.39. The molecule has 1 fully saturated rings. The lowest BCUT2D eigenvalue weighted by atomic mass is 9.92. The van der Waals surface area contributed by atoms with Gasteiger partial charge >= 0.3 is 0 Å². The van der Waals surface area contributed by atoms with Crippen molar-refractivity contribution in [3.63, 3.8) is 0 Å². The van der Waals surface area contributed by atoms with Gasteiger partial charge in [0.15, 0.2) is 0 Å². The van der Waals surface area contributed by atoms with Crippen molar-refractivity contribution < 1.29 is 8.78 Å². The van der Waals surface area contributed by atoms with Crippen molar-refractivity contribution in [1.82, 2.24) is 9.78 Å². The van der Waals surface area contributed by atoms with Crippen molar-refractivity contribution in [3.05, 3.63) is 17.6 Å². The van der Waals surface area contributed by atoms with Crippen molar-refractivity contribution in [2.24, 2.45) is 0 Å². The van der Waals surface area contributed by atoms with Crippen LogP contribution in [0.4, 0.5) is 20.3 Å². The van der Waals surface area contributed by atoms with Crippen LogP contribution in [0, 0.1) is 6.57 Å². The molecule has 0 bridgehead atoms. The smallest absolute Gasteiger partial charge is 0.248 e. The van der Waals surface area contributed by atoms with Crippen LogP contribution in [0.15, 0.2) is 6.20 Å². The van der Waals surface area contributed by atoms with Crippen LogP contribution in [0.2, 0.25) is 0 Å². The van der Waals surface area contributed by atoms with Gasteiger partial charge in [-0.1, -0.05) is 0 Å². The second-order valence-electron chi connectivity index (χ2n) is 4.06. The van der Waals surface area contributed by atoms with Crippen molar-refractivity contribution in [1.29, 1.82) is 0 Å². The van der Waals surface area contributed by atoms with Crippen LogP contribution >= 0.6 is 0 Å². The highest BCUT2D eigenvalue weighted by molar-refractivity contribution is 5.62. The van der Waals surface area contributed by atoms with E-state index in [1.807, 2.05) is 0 Å². The molecule has 0 radical (unpaired) electrons. The standard InChI is InChI=1S/C10H12F2N4/c1-14-8-6-15-16(9(8)13)7-2-4-10(11,12)5-3-7/h6-7H,2-5,13H2. The molecule has 86 valence electrons. The fraction of sp³-hybridized carbons (Fsp3) is 0.600. The highest BCUT2D eigenvalue weighted by atomic mass is 19.3. The predicted octanol–water partition coefficient (Wildman–Crippen LogP) is 2.77. The largest absolute Gasteiger partial charge is 0.393 e. The molecule has 0 saturated heterocycles.